The highest BCUT2D eigenvalue weighted by Crippen LogP contribution is 2.29. The van der Waals surface area contributed by atoms with Gasteiger partial charge in [-0.25, -0.2) is 8.42 Å². The zero-order chi connectivity index (χ0) is 18.0. The van der Waals surface area contributed by atoms with Crippen LogP contribution < -0.4 is 4.90 Å². The molecule has 142 valence electrons. The number of nitrogens with one attached hydrogen (secondary N) is 1. The monoisotopic (exact) mass is 389 g/mol. The maximum Gasteiger partial charge on any atom is 0.191 e. The molecule has 2 aliphatic heterocycles. The summed E-state index contributed by atoms with van der Waals surface area (Å²) >= 11 is 1.66. The second-order valence-electron chi connectivity index (χ2n) is 7.61. The first-order valence-corrected chi connectivity index (χ1v) is 11.8. The van der Waals surface area contributed by atoms with E-state index in [-0.39, 0.29) is 23.5 Å². The number of rotatable bonds is 6. The normalized spacial score (nSPS) is 29.4. The minimum Gasteiger partial charge on any atom is -0.366 e. The van der Waals surface area contributed by atoms with Gasteiger partial charge in [0.05, 0.1) is 24.7 Å². The molecule has 1 aromatic rings. The van der Waals surface area contributed by atoms with Crippen molar-refractivity contribution < 1.29 is 18.1 Å². The SMILES string of the molecule is CC(C)C[NH+]1CCO[C@@H](CSc2nnc([C@@H]3CCS(=O)(=O)C3)n2C)C1. The first-order valence-electron chi connectivity index (χ1n) is 9.01. The number of hydrogen-bond acceptors (Lipinski definition) is 6. The highest BCUT2D eigenvalue weighted by atomic mass is 32.2. The maximum absolute atomic E-state index is 11.7. The van der Waals surface area contributed by atoms with Crippen molar-refractivity contribution in [2.24, 2.45) is 13.0 Å². The van der Waals surface area contributed by atoms with Crippen molar-refractivity contribution in [3.8, 4) is 0 Å². The number of quaternary nitrogens is 1. The van der Waals surface area contributed by atoms with Crippen molar-refractivity contribution in [1.29, 1.82) is 0 Å². The van der Waals surface area contributed by atoms with Crippen LogP contribution in [0.5, 0.6) is 0 Å². The number of thioether (sulfide) groups is 1. The Morgan fingerprint density at radius 1 is 1.40 bits per heavy atom. The molecule has 3 atom stereocenters. The second kappa shape index (κ2) is 7.94. The van der Waals surface area contributed by atoms with Crippen LogP contribution >= 0.6 is 11.8 Å². The van der Waals surface area contributed by atoms with Gasteiger partial charge in [-0.15, -0.1) is 10.2 Å². The fourth-order valence-corrected chi connectivity index (χ4v) is 6.37. The van der Waals surface area contributed by atoms with Gasteiger partial charge in [0.25, 0.3) is 0 Å². The van der Waals surface area contributed by atoms with Gasteiger partial charge < -0.3 is 14.2 Å². The van der Waals surface area contributed by atoms with Gasteiger partial charge in [-0.05, 0) is 6.42 Å². The van der Waals surface area contributed by atoms with Gasteiger partial charge in [-0.2, -0.15) is 0 Å². The summed E-state index contributed by atoms with van der Waals surface area (Å²) in [6.45, 7) is 8.65. The van der Waals surface area contributed by atoms with E-state index in [0.29, 0.717) is 12.3 Å². The Morgan fingerprint density at radius 3 is 2.88 bits per heavy atom. The lowest BCUT2D eigenvalue weighted by Crippen LogP contribution is -3.15. The molecule has 0 saturated carbocycles. The molecule has 25 heavy (non-hydrogen) atoms. The summed E-state index contributed by atoms with van der Waals surface area (Å²) in [6, 6.07) is 0. The number of nitrogens with zero attached hydrogens (tertiary/aromatic N) is 3. The largest absolute Gasteiger partial charge is 0.366 e. The number of aromatic nitrogens is 3. The zero-order valence-corrected chi connectivity index (χ0v) is 16.9. The molecule has 2 aliphatic rings. The smallest absolute Gasteiger partial charge is 0.191 e. The van der Waals surface area contributed by atoms with Crippen LogP contribution in [0, 0.1) is 5.92 Å². The van der Waals surface area contributed by atoms with Gasteiger partial charge in [0.2, 0.25) is 0 Å². The molecule has 0 amide bonds. The van der Waals surface area contributed by atoms with Crippen molar-refractivity contribution >= 4 is 21.6 Å². The zero-order valence-electron chi connectivity index (χ0n) is 15.3. The topological polar surface area (TPSA) is 78.5 Å². The number of hydrogen-bond donors (Lipinski definition) is 1. The third-order valence-corrected chi connectivity index (χ3v) is 7.81. The lowest BCUT2D eigenvalue weighted by atomic mass is 10.1. The predicted molar refractivity (Wildman–Crippen MR) is 97.9 cm³/mol. The first-order chi connectivity index (χ1) is 11.8. The molecular weight excluding hydrogens is 360 g/mol. The number of morpholine rings is 1. The molecule has 7 nitrogen and oxygen atoms in total. The van der Waals surface area contributed by atoms with Crippen LogP contribution in [-0.4, -0.2) is 72.8 Å². The predicted octanol–water partition coefficient (Wildman–Crippen LogP) is -0.251. The van der Waals surface area contributed by atoms with E-state index in [4.69, 9.17) is 4.74 Å². The van der Waals surface area contributed by atoms with Crippen molar-refractivity contribution in [2.75, 3.05) is 43.5 Å². The molecule has 1 aromatic heterocycles. The molecule has 0 spiro atoms. The Balaban J connectivity index is 1.55. The first kappa shape index (κ1) is 19.1. The molecule has 0 aromatic carbocycles. The lowest BCUT2D eigenvalue weighted by Gasteiger charge is -2.30. The second-order valence-corrected chi connectivity index (χ2v) is 10.8. The van der Waals surface area contributed by atoms with Crippen molar-refractivity contribution in [1.82, 2.24) is 14.8 Å². The van der Waals surface area contributed by atoms with Crippen molar-refractivity contribution in [2.45, 2.75) is 37.4 Å². The maximum atomic E-state index is 11.7. The Bertz CT molecular complexity index is 690. The van der Waals surface area contributed by atoms with E-state index >= 15 is 0 Å². The van der Waals surface area contributed by atoms with E-state index in [1.54, 1.807) is 16.7 Å². The summed E-state index contributed by atoms with van der Waals surface area (Å²) in [5, 5.41) is 9.39. The summed E-state index contributed by atoms with van der Waals surface area (Å²) in [6.07, 6.45) is 0.887. The fraction of sp³-hybridized carbons (Fsp3) is 0.875. The van der Waals surface area contributed by atoms with Gasteiger partial charge in [-0.1, -0.05) is 25.6 Å². The Hall–Kier alpha value is -0.640. The van der Waals surface area contributed by atoms with Crippen LogP contribution in [0.25, 0.3) is 0 Å². The van der Waals surface area contributed by atoms with E-state index in [9.17, 15) is 8.42 Å². The van der Waals surface area contributed by atoms with E-state index in [2.05, 4.69) is 24.0 Å². The molecule has 0 aliphatic carbocycles. The Labute approximate surface area is 154 Å². The molecule has 2 fully saturated rings. The van der Waals surface area contributed by atoms with Crippen LogP contribution in [0.2, 0.25) is 0 Å². The summed E-state index contributed by atoms with van der Waals surface area (Å²) < 4.78 is 31.2. The highest BCUT2D eigenvalue weighted by molar-refractivity contribution is 7.99. The highest BCUT2D eigenvalue weighted by Gasteiger charge is 2.33. The van der Waals surface area contributed by atoms with Crippen LogP contribution in [-0.2, 0) is 21.6 Å². The molecule has 1 unspecified atom stereocenters. The molecule has 0 radical (unpaired) electrons. The molecule has 9 heteroatoms. The summed E-state index contributed by atoms with van der Waals surface area (Å²) in [5.41, 5.74) is 0. The third-order valence-electron chi connectivity index (χ3n) is 4.89. The molecule has 1 N–H and O–H groups in total. The minimum absolute atomic E-state index is 0.0197. The minimum atomic E-state index is -2.91. The van der Waals surface area contributed by atoms with Crippen LogP contribution in [0.1, 0.15) is 32.0 Å². The van der Waals surface area contributed by atoms with Gasteiger partial charge in [0.15, 0.2) is 15.0 Å². The molecule has 0 bridgehead atoms. The van der Waals surface area contributed by atoms with Gasteiger partial charge >= 0.3 is 0 Å². The Kier molecular flexibility index (Phi) is 6.07. The fourth-order valence-electron chi connectivity index (χ4n) is 3.70. The Morgan fingerprint density at radius 2 is 2.20 bits per heavy atom. The van der Waals surface area contributed by atoms with Gasteiger partial charge in [0, 0.05) is 24.6 Å². The lowest BCUT2D eigenvalue weighted by molar-refractivity contribution is -0.914. The van der Waals surface area contributed by atoms with E-state index in [1.807, 2.05) is 11.6 Å². The molecule has 2 saturated heterocycles. The van der Waals surface area contributed by atoms with Crippen LogP contribution in [0.3, 0.4) is 0 Å². The van der Waals surface area contributed by atoms with Crippen LogP contribution in [0.15, 0.2) is 5.16 Å². The van der Waals surface area contributed by atoms with E-state index in [0.717, 1.165) is 36.4 Å². The third kappa shape index (κ3) is 4.96. The van der Waals surface area contributed by atoms with Crippen LogP contribution in [0.4, 0.5) is 0 Å². The average Bonchev–Trinajstić information content (AvgIpc) is 3.07. The van der Waals surface area contributed by atoms with Gasteiger partial charge in [-0.3, -0.25) is 0 Å². The molecular formula is C16H29N4O3S2+. The van der Waals surface area contributed by atoms with Crippen molar-refractivity contribution in [3.05, 3.63) is 5.82 Å². The van der Waals surface area contributed by atoms with E-state index < -0.39 is 9.84 Å². The number of ether oxygens (including phenoxy) is 1. The quantitative estimate of drug-likeness (QED) is 0.676. The van der Waals surface area contributed by atoms with E-state index in [1.165, 1.54) is 6.54 Å². The standard InChI is InChI=1S/C16H28N4O3S2/c1-12(2)8-20-5-6-23-14(9-20)10-24-16-18-17-15(19(16)3)13-4-7-25(21,22)11-13/h12-14H,4-11H2,1-3H3/p+1/t13-,14-/m1/s1. The molecule has 3 rings (SSSR count). The summed E-state index contributed by atoms with van der Waals surface area (Å²) in [5.74, 6) is 2.79. The number of sulfone groups is 1. The summed E-state index contributed by atoms with van der Waals surface area (Å²) in [4.78, 5) is 1.61. The van der Waals surface area contributed by atoms with Crippen molar-refractivity contribution in [3.63, 3.8) is 0 Å². The van der Waals surface area contributed by atoms with Gasteiger partial charge in [0.1, 0.15) is 25.0 Å². The molecule has 3 heterocycles. The average molecular weight is 390 g/mol. The summed E-state index contributed by atoms with van der Waals surface area (Å²) in [7, 11) is -0.976.